The maximum absolute atomic E-state index is 12.3. The molecule has 0 aliphatic carbocycles. The number of rotatable bonds is 2. The van der Waals surface area contributed by atoms with E-state index in [1.807, 2.05) is 0 Å². The molecule has 7 heteroatoms. The van der Waals surface area contributed by atoms with E-state index in [0.717, 1.165) is 6.20 Å². The van der Waals surface area contributed by atoms with Crippen LogP contribution in [0.25, 0.3) is 0 Å². The maximum Gasteiger partial charge on any atom is 0.438 e. The van der Waals surface area contributed by atoms with Crippen LogP contribution in [0.4, 0.5) is 19.0 Å². The Bertz CT molecular complexity index is 326. The summed E-state index contributed by atoms with van der Waals surface area (Å²) in [5, 5.41) is 0. The molecule has 0 aliphatic rings. The number of nitrogens with zero attached hydrogens (tertiary/aromatic N) is 2. The summed E-state index contributed by atoms with van der Waals surface area (Å²) in [6.45, 7) is 1.64. The average molecular weight is 207 g/mol. The Morgan fingerprint density at radius 3 is 2.64 bits per heavy atom. The molecule has 0 aromatic carbocycles. The second-order valence-electron chi connectivity index (χ2n) is 2.38. The Kier molecular flexibility index (Phi) is 2.78. The second kappa shape index (κ2) is 3.69. The summed E-state index contributed by atoms with van der Waals surface area (Å²) in [6, 6.07) is 0. The van der Waals surface area contributed by atoms with E-state index >= 15 is 0 Å². The molecule has 0 fully saturated rings. The Labute approximate surface area is 77.9 Å². The van der Waals surface area contributed by atoms with Crippen molar-refractivity contribution in [3.05, 3.63) is 11.9 Å². The zero-order valence-electron chi connectivity index (χ0n) is 7.30. The van der Waals surface area contributed by atoms with Crippen LogP contribution in [0.1, 0.15) is 12.6 Å². The molecule has 0 unspecified atom stereocenters. The highest BCUT2D eigenvalue weighted by molar-refractivity contribution is 5.32. The monoisotopic (exact) mass is 207 g/mol. The van der Waals surface area contributed by atoms with Gasteiger partial charge in [-0.1, -0.05) is 0 Å². The van der Waals surface area contributed by atoms with Gasteiger partial charge in [-0.3, -0.25) is 0 Å². The number of anilines is 1. The summed E-state index contributed by atoms with van der Waals surface area (Å²) in [6.07, 6.45) is -3.59. The van der Waals surface area contributed by atoms with Gasteiger partial charge in [0.25, 0.3) is 0 Å². The Hall–Kier alpha value is -1.53. The van der Waals surface area contributed by atoms with Crippen molar-refractivity contribution in [3.8, 4) is 5.88 Å². The molecule has 0 amide bonds. The topological polar surface area (TPSA) is 61.0 Å². The van der Waals surface area contributed by atoms with E-state index in [1.54, 1.807) is 6.92 Å². The molecular weight excluding hydrogens is 199 g/mol. The van der Waals surface area contributed by atoms with Crippen molar-refractivity contribution in [1.82, 2.24) is 9.97 Å². The van der Waals surface area contributed by atoms with Crippen molar-refractivity contribution < 1.29 is 17.9 Å². The summed E-state index contributed by atoms with van der Waals surface area (Å²) in [5.74, 6) is -0.838. The highest BCUT2D eigenvalue weighted by atomic mass is 19.4. The van der Waals surface area contributed by atoms with Gasteiger partial charge in [0.1, 0.15) is 5.82 Å². The van der Waals surface area contributed by atoms with Crippen LogP contribution >= 0.6 is 0 Å². The van der Waals surface area contributed by atoms with Crippen molar-refractivity contribution in [1.29, 1.82) is 0 Å². The molecule has 1 aromatic heterocycles. The van der Waals surface area contributed by atoms with Gasteiger partial charge in [0.15, 0.2) is 0 Å². The Balaban J connectivity index is 3.16. The molecule has 0 saturated carbocycles. The molecule has 0 saturated heterocycles. The molecule has 0 spiro atoms. The van der Waals surface area contributed by atoms with E-state index in [2.05, 4.69) is 14.7 Å². The number of ether oxygens (including phenoxy) is 1. The van der Waals surface area contributed by atoms with Crippen LogP contribution in [-0.4, -0.2) is 16.6 Å². The fourth-order valence-electron chi connectivity index (χ4n) is 0.819. The van der Waals surface area contributed by atoms with Crippen LogP contribution < -0.4 is 10.5 Å². The third kappa shape index (κ3) is 2.24. The summed E-state index contributed by atoms with van der Waals surface area (Å²) >= 11 is 0. The minimum atomic E-state index is -4.60. The van der Waals surface area contributed by atoms with Crippen LogP contribution in [0, 0.1) is 0 Å². The Morgan fingerprint density at radius 2 is 2.14 bits per heavy atom. The fraction of sp³-hybridized carbons (Fsp3) is 0.429. The van der Waals surface area contributed by atoms with Gasteiger partial charge < -0.3 is 10.5 Å². The third-order valence-corrected chi connectivity index (χ3v) is 1.31. The van der Waals surface area contributed by atoms with Gasteiger partial charge in [-0.15, -0.1) is 0 Å². The van der Waals surface area contributed by atoms with Crippen molar-refractivity contribution >= 4 is 5.82 Å². The number of hydrogen-bond donors (Lipinski definition) is 1. The lowest BCUT2D eigenvalue weighted by atomic mass is 10.4. The minimum Gasteiger partial charge on any atom is -0.476 e. The SMILES string of the molecule is CCOc1ncc(N)nc1C(F)(F)F. The molecule has 0 atom stereocenters. The van der Waals surface area contributed by atoms with Gasteiger partial charge in [-0.25, -0.2) is 9.97 Å². The second-order valence-corrected chi connectivity index (χ2v) is 2.38. The summed E-state index contributed by atoms with van der Waals surface area (Å²) in [5.41, 5.74) is 3.90. The summed E-state index contributed by atoms with van der Waals surface area (Å²) in [4.78, 5) is 6.53. The normalized spacial score (nSPS) is 11.4. The average Bonchev–Trinajstić information content (AvgIpc) is 2.07. The van der Waals surface area contributed by atoms with Crippen molar-refractivity contribution in [3.63, 3.8) is 0 Å². The maximum atomic E-state index is 12.3. The highest BCUT2D eigenvalue weighted by Crippen LogP contribution is 2.33. The van der Waals surface area contributed by atoms with E-state index in [-0.39, 0.29) is 12.4 Å². The van der Waals surface area contributed by atoms with E-state index in [0.29, 0.717) is 0 Å². The number of alkyl halides is 3. The van der Waals surface area contributed by atoms with Gasteiger partial charge in [0, 0.05) is 0 Å². The lowest BCUT2D eigenvalue weighted by molar-refractivity contribution is -0.142. The zero-order chi connectivity index (χ0) is 10.8. The van der Waals surface area contributed by atoms with E-state index < -0.39 is 17.8 Å². The van der Waals surface area contributed by atoms with Crippen LogP contribution in [-0.2, 0) is 6.18 Å². The summed E-state index contributed by atoms with van der Waals surface area (Å²) in [7, 11) is 0. The number of aromatic nitrogens is 2. The third-order valence-electron chi connectivity index (χ3n) is 1.31. The van der Waals surface area contributed by atoms with Crippen LogP contribution in [0.3, 0.4) is 0 Å². The molecule has 1 heterocycles. The number of halogens is 3. The number of hydrogen-bond acceptors (Lipinski definition) is 4. The molecule has 1 aromatic rings. The predicted octanol–water partition coefficient (Wildman–Crippen LogP) is 1.48. The first-order chi connectivity index (χ1) is 6.45. The molecule has 2 N–H and O–H groups in total. The molecule has 78 valence electrons. The molecular formula is C7H8F3N3O. The molecule has 0 bridgehead atoms. The smallest absolute Gasteiger partial charge is 0.438 e. The van der Waals surface area contributed by atoms with Gasteiger partial charge in [-0.05, 0) is 6.92 Å². The molecule has 14 heavy (non-hydrogen) atoms. The molecule has 0 aliphatic heterocycles. The lowest BCUT2D eigenvalue weighted by Gasteiger charge is -2.10. The van der Waals surface area contributed by atoms with Gasteiger partial charge >= 0.3 is 6.18 Å². The largest absolute Gasteiger partial charge is 0.476 e. The zero-order valence-corrected chi connectivity index (χ0v) is 7.30. The number of nitrogens with two attached hydrogens (primary N) is 1. The van der Waals surface area contributed by atoms with Gasteiger partial charge in [-0.2, -0.15) is 13.2 Å². The van der Waals surface area contributed by atoms with Crippen molar-refractivity contribution in [2.24, 2.45) is 0 Å². The molecule has 1 rings (SSSR count). The van der Waals surface area contributed by atoms with Gasteiger partial charge in [0.2, 0.25) is 11.6 Å². The van der Waals surface area contributed by atoms with Crippen LogP contribution in [0.5, 0.6) is 5.88 Å². The first-order valence-corrected chi connectivity index (χ1v) is 3.77. The predicted molar refractivity (Wildman–Crippen MR) is 42.6 cm³/mol. The fourth-order valence-corrected chi connectivity index (χ4v) is 0.819. The van der Waals surface area contributed by atoms with Gasteiger partial charge in [0.05, 0.1) is 12.8 Å². The number of nitrogen functional groups attached to an aromatic ring is 1. The highest BCUT2D eigenvalue weighted by Gasteiger charge is 2.37. The molecule has 0 radical (unpaired) electrons. The Morgan fingerprint density at radius 1 is 1.50 bits per heavy atom. The van der Waals surface area contributed by atoms with E-state index in [1.165, 1.54) is 0 Å². The first-order valence-electron chi connectivity index (χ1n) is 3.77. The standard InChI is InChI=1S/C7H8F3N3O/c1-2-14-6-5(7(8,9)10)13-4(11)3-12-6/h3H,2H2,1H3,(H2,11,13). The van der Waals surface area contributed by atoms with Crippen LogP contribution in [0.15, 0.2) is 6.20 Å². The van der Waals surface area contributed by atoms with Crippen molar-refractivity contribution in [2.45, 2.75) is 13.1 Å². The van der Waals surface area contributed by atoms with E-state index in [4.69, 9.17) is 5.73 Å². The quantitative estimate of drug-likeness (QED) is 0.797. The van der Waals surface area contributed by atoms with Crippen molar-refractivity contribution in [2.75, 3.05) is 12.3 Å². The minimum absolute atomic E-state index is 0.0850. The lowest BCUT2D eigenvalue weighted by Crippen LogP contribution is -2.13. The van der Waals surface area contributed by atoms with Crippen LogP contribution in [0.2, 0.25) is 0 Å². The first kappa shape index (κ1) is 10.6. The van der Waals surface area contributed by atoms with E-state index in [9.17, 15) is 13.2 Å². The molecule has 4 nitrogen and oxygen atoms in total. The summed E-state index contributed by atoms with van der Waals surface area (Å²) < 4.78 is 41.6.